The molecule has 0 atom stereocenters. The van der Waals surface area contributed by atoms with E-state index in [0.29, 0.717) is 6.04 Å². The molecule has 0 unspecified atom stereocenters. The summed E-state index contributed by atoms with van der Waals surface area (Å²) in [6.07, 6.45) is 5.87. The van der Waals surface area contributed by atoms with Gasteiger partial charge in [-0.25, -0.2) is 13.6 Å². The standard InChI is InChI=1S/C30H31F2N3O/c31-23-9-5-21(6-10-23)30(22-7-11-24(32)12-8-22)17-13-25(14-18-30)34-19-15-26(16-20-34)35-28-4-2-1-3-27(28)33-29(35)36/h1-12,25-26H,13-20H2,(H,33,36). The van der Waals surface area contributed by atoms with Crippen LogP contribution in [0.25, 0.3) is 11.0 Å². The van der Waals surface area contributed by atoms with Crippen molar-refractivity contribution in [3.63, 3.8) is 0 Å². The number of nitrogens with zero attached hydrogens (tertiary/aromatic N) is 2. The summed E-state index contributed by atoms with van der Waals surface area (Å²) in [5.74, 6) is -0.474. The number of H-pyrrole nitrogens is 1. The molecule has 0 bridgehead atoms. The molecule has 1 aliphatic carbocycles. The molecule has 36 heavy (non-hydrogen) atoms. The van der Waals surface area contributed by atoms with Gasteiger partial charge in [-0.3, -0.25) is 4.57 Å². The fourth-order valence-corrected chi connectivity index (χ4v) is 6.69. The minimum absolute atomic E-state index is 0.0179. The lowest BCUT2D eigenvalue weighted by Crippen LogP contribution is -2.46. The van der Waals surface area contributed by atoms with Crippen LogP contribution in [0.2, 0.25) is 0 Å². The normalized spacial score (nSPS) is 19.6. The van der Waals surface area contributed by atoms with E-state index in [1.165, 1.54) is 24.3 Å². The van der Waals surface area contributed by atoms with Gasteiger partial charge < -0.3 is 9.88 Å². The van der Waals surface area contributed by atoms with E-state index in [1.807, 2.05) is 53.1 Å². The Kier molecular flexibility index (Phi) is 6.00. The monoisotopic (exact) mass is 487 g/mol. The first-order chi connectivity index (χ1) is 17.5. The van der Waals surface area contributed by atoms with Crippen LogP contribution >= 0.6 is 0 Å². The van der Waals surface area contributed by atoms with Gasteiger partial charge in [-0.05, 0) is 86.1 Å². The molecule has 6 rings (SSSR count). The fraction of sp³-hybridized carbons (Fsp3) is 0.367. The summed E-state index contributed by atoms with van der Waals surface area (Å²) < 4.78 is 29.4. The van der Waals surface area contributed by atoms with Crippen molar-refractivity contribution < 1.29 is 8.78 Å². The number of aromatic amines is 1. The number of nitrogens with one attached hydrogen (secondary N) is 1. The lowest BCUT2D eigenvalue weighted by atomic mass is 9.64. The molecular weight excluding hydrogens is 456 g/mol. The molecule has 1 saturated heterocycles. The Hall–Kier alpha value is -3.25. The molecule has 1 aromatic heterocycles. The van der Waals surface area contributed by atoms with Gasteiger partial charge in [-0.2, -0.15) is 0 Å². The number of fused-ring (bicyclic) bond motifs is 1. The van der Waals surface area contributed by atoms with Crippen molar-refractivity contribution >= 4 is 11.0 Å². The zero-order valence-electron chi connectivity index (χ0n) is 20.3. The molecule has 186 valence electrons. The first-order valence-corrected chi connectivity index (χ1v) is 13.0. The summed E-state index contributed by atoms with van der Waals surface area (Å²) in [7, 11) is 0. The molecule has 0 spiro atoms. The number of para-hydroxylation sites is 2. The number of halogens is 2. The van der Waals surface area contributed by atoms with Crippen LogP contribution in [0, 0.1) is 11.6 Å². The zero-order chi connectivity index (χ0) is 24.7. The number of hydrogen-bond acceptors (Lipinski definition) is 2. The Morgan fingerprint density at radius 2 is 1.28 bits per heavy atom. The zero-order valence-corrected chi connectivity index (χ0v) is 20.3. The molecule has 6 heteroatoms. The minimum atomic E-state index is -0.237. The highest BCUT2D eigenvalue weighted by Crippen LogP contribution is 2.46. The Morgan fingerprint density at radius 1 is 0.722 bits per heavy atom. The Morgan fingerprint density at radius 3 is 1.86 bits per heavy atom. The van der Waals surface area contributed by atoms with E-state index in [2.05, 4.69) is 9.88 Å². The molecule has 3 aromatic carbocycles. The lowest BCUT2D eigenvalue weighted by molar-refractivity contribution is 0.0948. The number of hydrogen-bond donors (Lipinski definition) is 1. The third-order valence-corrected chi connectivity index (χ3v) is 8.61. The first-order valence-electron chi connectivity index (χ1n) is 13.0. The van der Waals surface area contributed by atoms with Crippen LogP contribution in [0.3, 0.4) is 0 Å². The van der Waals surface area contributed by atoms with Gasteiger partial charge in [0.1, 0.15) is 11.6 Å². The van der Waals surface area contributed by atoms with Crippen molar-refractivity contribution in [2.24, 2.45) is 0 Å². The maximum atomic E-state index is 13.7. The highest BCUT2D eigenvalue weighted by molar-refractivity contribution is 5.75. The first kappa shape index (κ1) is 23.2. The van der Waals surface area contributed by atoms with Gasteiger partial charge in [0, 0.05) is 30.6 Å². The van der Waals surface area contributed by atoms with Crippen LogP contribution in [0.1, 0.15) is 55.7 Å². The van der Waals surface area contributed by atoms with Gasteiger partial charge in [0.05, 0.1) is 11.0 Å². The van der Waals surface area contributed by atoms with Gasteiger partial charge in [-0.1, -0.05) is 36.4 Å². The molecule has 4 aromatic rings. The predicted molar refractivity (Wildman–Crippen MR) is 138 cm³/mol. The van der Waals surface area contributed by atoms with E-state index >= 15 is 0 Å². The average molecular weight is 488 g/mol. The van der Waals surface area contributed by atoms with Crippen LogP contribution in [0.5, 0.6) is 0 Å². The summed E-state index contributed by atoms with van der Waals surface area (Å²) in [6, 6.07) is 22.3. The number of likely N-dealkylation sites (tertiary alicyclic amines) is 1. The van der Waals surface area contributed by atoms with Crippen molar-refractivity contribution in [1.82, 2.24) is 14.5 Å². The summed E-state index contributed by atoms with van der Waals surface area (Å²) in [6.45, 7) is 1.95. The van der Waals surface area contributed by atoms with E-state index in [4.69, 9.17) is 0 Å². The molecule has 2 aliphatic rings. The van der Waals surface area contributed by atoms with E-state index < -0.39 is 0 Å². The number of benzene rings is 3. The van der Waals surface area contributed by atoms with Crippen molar-refractivity contribution in [3.05, 3.63) is 106 Å². The van der Waals surface area contributed by atoms with Gasteiger partial charge in [-0.15, -0.1) is 0 Å². The highest BCUT2D eigenvalue weighted by atomic mass is 19.1. The fourth-order valence-electron chi connectivity index (χ4n) is 6.69. The molecule has 2 fully saturated rings. The number of aromatic nitrogens is 2. The number of imidazole rings is 1. The Labute approximate surface area is 209 Å². The molecule has 1 aliphatic heterocycles. The topological polar surface area (TPSA) is 41.0 Å². The second-order valence-electron chi connectivity index (χ2n) is 10.4. The quantitative estimate of drug-likeness (QED) is 0.374. The number of rotatable bonds is 4. The van der Waals surface area contributed by atoms with Gasteiger partial charge >= 0.3 is 5.69 Å². The molecule has 2 heterocycles. The molecule has 4 nitrogen and oxygen atoms in total. The maximum absolute atomic E-state index is 13.7. The largest absolute Gasteiger partial charge is 0.326 e. The Bertz CT molecular complexity index is 1340. The summed E-state index contributed by atoms with van der Waals surface area (Å²) >= 11 is 0. The third-order valence-electron chi connectivity index (χ3n) is 8.61. The third kappa shape index (κ3) is 4.07. The Balaban J connectivity index is 1.18. The lowest BCUT2D eigenvalue weighted by Gasteiger charge is -2.46. The molecule has 1 N–H and O–H groups in total. The predicted octanol–water partition coefficient (Wildman–Crippen LogP) is 6.17. The molecule has 1 saturated carbocycles. The summed E-state index contributed by atoms with van der Waals surface area (Å²) in [5, 5.41) is 0. The van der Waals surface area contributed by atoms with Crippen molar-refractivity contribution in [3.8, 4) is 0 Å². The van der Waals surface area contributed by atoms with Crippen LogP contribution in [-0.2, 0) is 5.41 Å². The van der Waals surface area contributed by atoms with Crippen molar-refractivity contribution in [1.29, 1.82) is 0 Å². The van der Waals surface area contributed by atoms with E-state index in [1.54, 1.807) is 0 Å². The van der Waals surface area contributed by atoms with Gasteiger partial charge in [0.25, 0.3) is 0 Å². The minimum Gasteiger partial charge on any atom is -0.306 e. The number of piperidine rings is 1. The smallest absolute Gasteiger partial charge is 0.306 e. The summed E-state index contributed by atoms with van der Waals surface area (Å²) in [4.78, 5) is 18.2. The van der Waals surface area contributed by atoms with Crippen LogP contribution < -0.4 is 5.69 Å². The van der Waals surface area contributed by atoms with E-state index in [-0.39, 0.29) is 28.8 Å². The molecule has 0 radical (unpaired) electrons. The SMILES string of the molecule is O=c1[nH]c2ccccc2n1C1CCN(C2CCC(c3ccc(F)cc3)(c3ccc(F)cc3)CC2)CC1. The van der Waals surface area contributed by atoms with E-state index in [0.717, 1.165) is 73.8 Å². The van der Waals surface area contributed by atoms with Gasteiger partial charge in [0.15, 0.2) is 0 Å². The maximum Gasteiger partial charge on any atom is 0.326 e. The highest BCUT2D eigenvalue weighted by Gasteiger charge is 2.40. The second-order valence-corrected chi connectivity index (χ2v) is 10.4. The average Bonchev–Trinajstić information content (AvgIpc) is 3.25. The molecular formula is C30H31F2N3O. The van der Waals surface area contributed by atoms with Crippen molar-refractivity contribution in [2.75, 3.05) is 13.1 Å². The van der Waals surface area contributed by atoms with Crippen molar-refractivity contribution in [2.45, 2.75) is 56.0 Å². The van der Waals surface area contributed by atoms with Crippen LogP contribution in [0.4, 0.5) is 8.78 Å². The van der Waals surface area contributed by atoms with Crippen LogP contribution in [0.15, 0.2) is 77.6 Å². The second kappa shape index (κ2) is 9.32. The van der Waals surface area contributed by atoms with Crippen LogP contribution in [-0.4, -0.2) is 33.6 Å². The van der Waals surface area contributed by atoms with E-state index in [9.17, 15) is 13.6 Å². The van der Waals surface area contributed by atoms with Gasteiger partial charge in [0.2, 0.25) is 0 Å². The molecule has 0 amide bonds. The summed E-state index contributed by atoms with van der Waals surface area (Å²) in [5.41, 5.74) is 3.85.